The van der Waals surface area contributed by atoms with Crippen molar-refractivity contribution in [3.05, 3.63) is 29.8 Å². The van der Waals surface area contributed by atoms with Crippen molar-refractivity contribution >= 4 is 0 Å². The highest BCUT2D eigenvalue weighted by Gasteiger charge is 2.27. The molecule has 0 spiro atoms. The van der Waals surface area contributed by atoms with E-state index in [4.69, 9.17) is 10.5 Å². The van der Waals surface area contributed by atoms with Gasteiger partial charge in [0.2, 0.25) is 0 Å². The monoisotopic (exact) mass is 275 g/mol. The molecule has 0 bridgehead atoms. The molecule has 1 aliphatic carbocycles. The van der Waals surface area contributed by atoms with Crippen molar-refractivity contribution in [1.82, 2.24) is 0 Å². The average Bonchev–Trinajstić information content (AvgIpc) is 2.48. The van der Waals surface area contributed by atoms with Gasteiger partial charge in [-0.25, -0.2) is 0 Å². The fourth-order valence-electron chi connectivity index (χ4n) is 3.40. The van der Waals surface area contributed by atoms with Crippen LogP contribution in [0.5, 0.6) is 5.75 Å². The lowest BCUT2D eigenvalue weighted by Crippen LogP contribution is -2.27. The van der Waals surface area contributed by atoms with Gasteiger partial charge in [-0.2, -0.15) is 0 Å². The Bertz CT molecular complexity index is 390. The van der Waals surface area contributed by atoms with Gasteiger partial charge >= 0.3 is 0 Å². The summed E-state index contributed by atoms with van der Waals surface area (Å²) in [5, 5.41) is 0. The zero-order valence-corrected chi connectivity index (χ0v) is 13.1. The molecule has 1 aliphatic rings. The van der Waals surface area contributed by atoms with Crippen LogP contribution in [-0.2, 0) is 0 Å². The molecule has 0 aliphatic heterocycles. The smallest absolute Gasteiger partial charge is 0.119 e. The molecule has 1 aromatic rings. The SMILES string of the molecule is CCOc1ccc(C(N)C2CCC(C(C)C)CC2)cc1. The third kappa shape index (κ3) is 3.76. The third-order valence-electron chi connectivity index (χ3n) is 4.84. The lowest BCUT2D eigenvalue weighted by Gasteiger charge is -2.34. The molecule has 2 N–H and O–H groups in total. The largest absolute Gasteiger partial charge is 0.494 e. The standard InChI is InChI=1S/C18H29NO/c1-4-20-17-11-9-16(10-12-17)18(19)15-7-5-14(6-8-15)13(2)3/h9-15,18H,4-8,19H2,1-3H3. The van der Waals surface area contributed by atoms with Crippen molar-refractivity contribution < 1.29 is 4.74 Å². The highest BCUT2D eigenvalue weighted by atomic mass is 16.5. The van der Waals surface area contributed by atoms with Crippen LogP contribution in [0.3, 0.4) is 0 Å². The van der Waals surface area contributed by atoms with Gasteiger partial charge in [-0.05, 0) is 68.1 Å². The van der Waals surface area contributed by atoms with Gasteiger partial charge in [0.25, 0.3) is 0 Å². The normalized spacial score (nSPS) is 24.6. The minimum atomic E-state index is 0.179. The third-order valence-corrected chi connectivity index (χ3v) is 4.84. The van der Waals surface area contributed by atoms with Crippen LogP contribution in [0.25, 0.3) is 0 Å². The Morgan fingerprint density at radius 1 is 1.05 bits per heavy atom. The Morgan fingerprint density at radius 3 is 2.10 bits per heavy atom. The molecule has 1 unspecified atom stereocenters. The van der Waals surface area contributed by atoms with Crippen LogP contribution >= 0.6 is 0 Å². The Labute approximate surface area is 123 Å². The first kappa shape index (κ1) is 15.4. The number of hydrogen-bond acceptors (Lipinski definition) is 2. The van der Waals surface area contributed by atoms with E-state index in [1.54, 1.807) is 0 Å². The lowest BCUT2D eigenvalue weighted by molar-refractivity contribution is 0.203. The predicted molar refractivity (Wildman–Crippen MR) is 84.8 cm³/mol. The van der Waals surface area contributed by atoms with Crippen LogP contribution in [0, 0.1) is 17.8 Å². The zero-order chi connectivity index (χ0) is 14.5. The Morgan fingerprint density at radius 2 is 1.60 bits per heavy atom. The van der Waals surface area contributed by atoms with Gasteiger partial charge in [0, 0.05) is 6.04 Å². The van der Waals surface area contributed by atoms with Crippen molar-refractivity contribution in [2.45, 2.75) is 52.5 Å². The molecule has 0 radical (unpaired) electrons. The summed E-state index contributed by atoms with van der Waals surface area (Å²) >= 11 is 0. The van der Waals surface area contributed by atoms with E-state index < -0.39 is 0 Å². The maximum atomic E-state index is 6.47. The second kappa shape index (κ2) is 7.12. The number of hydrogen-bond donors (Lipinski definition) is 1. The summed E-state index contributed by atoms with van der Waals surface area (Å²) in [6.07, 6.45) is 5.23. The summed E-state index contributed by atoms with van der Waals surface area (Å²) in [5.41, 5.74) is 7.73. The van der Waals surface area contributed by atoms with E-state index in [1.807, 2.05) is 19.1 Å². The molecular weight excluding hydrogens is 246 g/mol. The Kier molecular flexibility index (Phi) is 5.47. The molecular formula is C18H29NO. The molecule has 0 saturated heterocycles. The molecule has 112 valence electrons. The van der Waals surface area contributed by atoms with Crippen molar-refractivity contribution in [3.8, 4) is 5.75 Å². The number of benzene rings is 1. The highest BCUT2D eigenvalue weighted by Crippen LogP contribution is 2.38. The second-order valence-electron chi connectivity index (χ2n) is 6.45. The van der Waals surface area contributed by atoms with Crippen molar-refractivity contribution in [1.29, 1.82) is 0 Å². The maximum Gasteiger partial charge on any atom is 0.119 e. The fourth-order valence-corrected chi connectivity index (χ4v) is 3.40. The molecule has 1 atom stereocenters. The van der Waals surface area contributed by atoms with Gasteiger partial charge < -0.3 is 10.5 Å². The van der Waals surface area contributed by atoms with Gasteiger partial charge in [-0.3, -0.25) is 0 Å². The Hall–Kier alpha value is -1.02. The van der Waals surface area contributed by atoms with Crippen molar-refractivity contribution in [3.63, 3.8) is 0 Å². The van der Waals surface area contributed by atoms with Crippen molar-refractivity contribution in [2.75, 3.05) is 6.61 Å². The first-order valence-electron chi connectivity index (χ1n) is 8.10. The minimum Gasteiger partial charge on any atom is -0.494 e. The van der Waals surface area contributed by atoms with Crippen LogP contribution in [0.4, 0.5) is 0 Å². The summed E-state index contributed by atoms with van der Waals surface area (Å²) in [7, 11) is 0. The molecule has 1 aromatic carbocycles. The first-order valence-corrected chi connectivity index (χ1v) is 8.10. The van der Waals surface area contributed by atoms with Crippen LogP contribution in [0.15, 0.2) is 24.3 Å². The average molecular weight is 275 g/mol. The number of rotatable bonds is 5. The lowest BCUT2D eigenvalue weighted by atomic mass is 9.73. The molecule has 2 rings (SSSR count). The molecule has 0 aromatic heterocycles. The van der Waals surface area contributed by atoms with Crippen LogP contribution in [0.1, 0.15) is 58.1 Å². The summed E-state index contributed by atoms with van der Waals surface area (Å²) < 4.78 is 5.49. The summed E-state index contributed by atoms with van der Waals surface area (Å²) in [4.78, 5) is 0. The quantitative estimate of drug-likeness (QED) is 0.855. The maximum absolute atomic E-state index is 6.47. The van der Waals surface area contributed by atoms with Gasteiger partial charge in [0.1, 0.15) is 5.75 Å². The van der Waals surface area contributed by atoms with E-state index in [0.717, 1.165) is 17.6 Å². The number of ether oxygens (including phenoxy) is 1. The predicted octanol–water partition coefficient (Wildman–Crippen LogP) is 4.55. The summed E-state index contributed by atoms with van der Waals surface area (Å²) in [5.74, 6) is 3.30. The van der Waals surface area contributed by atoms with Gasteiger partial charge in [-0.1, -0.05) is 26.0 Å². The zero-order valence-electron chi connectivity index (χ0n) is 13.1. The van der Waals surface area contributed by atoms with E-state index in [-0.39, 0.29) is 6.04 Å². The minimum absolute atomic E-state index is 0.179. The second-order valence-corrected chi connectivity index (χ2v) is 6.45. The first-order chi connectivity index (χ1) is 9.61. The fraction of sp³-hybridized carbons (Fsp3) is 0.667. The summed E-state index contributed by atoms with van der Waals surface area (Å²) in [6, 6.07) is 8.52. The van der Waals surface area contributed by atoms with Crippen LogP contribution in [-0.4, -0.2) is 6.61 Å². The van der Waals surface area contributed by atoms with Gasteiger partial charge in [0.05, 0.1) is 6.61 Å². The van der Waals surface area contributed by atoms with E-state index in [9.17, 15) is 0 Å². The Balaban J connectivity index is 1.92. The molecule has 1 fully saturated rings. The van der Waals surface area contributed by atoms with E-state index in [2.05, 4.69) is 26.0 Å². The highest BCUT2D eigenvalue weighted by molar-refractivity contribution is 5.29. The van der Waals surface area contributed by atoms with Gasteiger partial charge in [0.15, 0.2) is 0 Å². The molecule has 0 amide bonds. The molecule has 2 heteroatoms. The van der Waals surface area contributed by atoms with E-state index in [0.29, 0.717) is 12.5 Å². The van der Waals surface area contributed by atoms with Gasteiger partial charge in [-0.15, -0.1) is 0 Å². The van der Waals surface area contributed by atoms with Crippen LogP contribution < -0.4 is 10.5 Å². The van der Waals surface area contributed by atoms with Crippen LogP contribution in [0.2, 0.25) is 0 Å². The molecule has 1 saturated carbocycles. The molecule has 2 nitrogen and oxygen atoms in total. The molecule has 0 heterocycles. The summed E-state index contributed by atoms with van der Waals surface area (Å²) in [6.45, 7) is 7.41. The van der Waals surface area contributed by atoms with E-state index >= 15 is 0 Å². The van der Waals surface area contributed by atoms with E-state index in [1.165, 1.54) is 31.2 Å². The number of nitrogens with two attached hydrogens (primary N) is 1. The molecule has 20 heavy (non-hydrogen) atoms. The topological polar surface area (TPSA) is 35.2 Å². The van der Waals surface area contributed by atoms with Crippen molar-refractivity contribution in [2.24, 2.45) is 23.5 Å².